The van der Waals surface area contributed by atoms with Crippen LogP contribution >= 0.6 is 0 Å². The van der Waals surface area contributed by atoms with Gasteiger partial charge in [0.05, 0.1) is 0 Å². The zero-order valence-corrected chi connectivity index (χ0v) is 18.5. The van der Waals surface area contributed by atoms with Crippen LogP contribution in [0.5, 0.6) is 0 Å². The van der Waals surface area contributed by atoms with E-state index in [2.05, 4.69) is 78.9 Å². The van der Waals surface area contributed by atoms with Crippen molar-refractivity contribution in [2.24, 2.45) is 11.5 Å². The number of nitrogens with two attached hydrogens (primary N) is 2. The lowest BCUT2D eigenvalue weighted by molar-refractivity contribution is -0.119. The van der Waals surface area contributed by atoms with Gasteiger partial charge in [0.1, 0.15) is 0 Å². The van der Waals surface area contributed by atoms with Crippen LogP contribution in [0, 0.1) is 0 Å². The van der Waals surface area contributed by atoms with Crippen LogP contribution in [-0.4, -0.2) is 11.8 Å². The zero-order chi connectivity index (χ0) is 24.2. The fourth-order valence-corrected chi connectivity index (χ4v) is 1.66. The van der Waals surface area contributed by atoms with Crippen molar-refractivity contribution >= 4 is 11.8 Å². The molecule has 28 heavy (non-hydrogen) atoms. The number of carbonyl (C=O) groups is 2. The molecular weight excluding hydrogens is 348 g/mol. The second-order valence-electron chi connectivity index (χ2n) is 4.26. The van der Waals surface area contributed by atoms with Crippen molar-refractivity contribution in [3.63, 3.8) is 0 Å². The Kier molecular flexibility index (Phi) is 119. The van der Waals surface area contributed by atoms with Crippen molar-refractivity contribution < 1.29 is 9.59 Å². The Hall–Kier alpha value is -2.62. The third-order valence-corrected chi connectivity index (χ3v) is 2.60. The first-order chi connectivity index (χ1) is 13.6. The van der Waals surface area contributed by atoms with Crippen molar-refractivity contribution in [2.45, 2.75) is 64.2 Å². The predicted molar refractivity (Wildman–Crippen MR) is 132 cm³/mol. The molecule has 0 fully saturated rings. The van der Waals surface area contributed by atoms with Gasteiger partial charge in [-0.15, -0.1) is 78.9 Å². The highest BCUT2D eigenvalue weighted by molar-refractivity contribution is 5.73. The minimum Gasteiger partial charge on any atom is -0.370 e. The predicted octanol–water partition coefficient (Wildman–Crippen LogP) is 6.67. The van der Waals surface area contributed by atoms with Crippen LogP contribution in [0.4, 0.5) is 0 Å². The monoisotopic (exact) mass is 396 g/mol. The van der Waals surface area contributed by atoms with E-state index < -0.39 is 0 Å². The molecule has 0 bridgehead atoms. The van der Waals surface area contributed by atoms with Gasteiger partial charge in [-0.3, -0.25) is 9.59 Å². The van der Waals surface area contributed by atoms with Crippen molar-refractivity contribution in [3.05, 3.63) is 78.9 Å². The van der Waals surface area contributed by atoms with E-state index in [1.807, 2.05) is 0 Å². The van der Waals surface area contributed by atoms with Gasteiger partial charge < -0.3 is 11.5 Å². The van der Waals surface area contributed by atoms with Gasteiger partial charge in [-0.1, -0.05) is 38.5 Å². The lowest BCUT2D eigenvalue weighted by Crippen LogP contribution is -2.09. The molecule has 0 saturated carbocycles. The average molecular weight is 397 g/mol. The maximum Gasteiger partial charge on any atom is 0.217 e. The van der Waals surface area contributed by atoms with Gasteiger partial charge in [0, 0.05) is 12.8 Å². The number of unbranched alkanes of at least 4 members (excludes halogenated alkanes) is 7. The van der Waals surface area contributed by atoms with Gasteiger partial charge in [-0.25, -0.2) is 0 Å². The number of hydrogen-bond acceptors (Lipinski definition) is 2. The smallest absolute Gasteiger partial charge is 0.217 e. The summed E-state index contributed by atoms with van der Waals surface area (Å²) in [4.78, 5) is 20.9. The normalized spacial score (nSPS) is 6.71. The minimum atomic E-state index is -0.202. The van der Waals surface area contributed by atoms with E-state index in [0.717, 1.165) is 25.7 Å². The maximum atomic E-state index is 10.4. The van der Waals surface area contributed by atoms with Crippen LogP contribution in [-0.2, 0) is 9.59 Å². The largest absolute Gasteiger partial charge is 0.370 e. The highest BCUT2D eigenvalue weighted by Gasteiger charge is 1.96. The summed E-state index contributed by atoms with van der Waals surface area (Å²) in [5.41, 5.74) is 10.1. The molecule has 4 nitrogen and oxygen atoms in total. The highest BCUT2D eigenvalue weighted by atomic mass is 16.1. The van der Waals surface area contributed by atoms with Gasteiger partial charge in [0.2, 0.25) is 11.8 Å². The molecule has 166 valence electrons. The first kappa shape index (κ1) is 44.7. The molecule has 2 amide bonds. The first-order valence-electron chi connectivity index (χ1n) is 9.19. The summed E-state index contributed by atoms with van der Waals surface area (Å²) in [6.45, 7) is 36.0. The SMILES string of the molecule is C=C.C=C.C=C.C=C.C=C.C=C.NC(=O)CCCCCCCCCCC(N)=O. The lowest BCUT2D eigenvalue weighted by Gasteiger charge is -2.01. The molecule has 0 heterocycles. The molecule has 0 aliphatic heterocycles. The van der Waals surface area contributed by atoms with Crippen molar-refractivity contribution in [2.75, 3.05) is 0 Å². The third kappa shape index (κ3) is 109. The molecule has 0 aromatic rings. The molecule has 0 radical (unpaired) electrons. The summed E-state index contributed by atoms with van der Waals surface area (Å²) in [5.74, 6) is -0.405. The Bertz CT molecular complexity index is 244. The zero-order valence-electron chi connectivity index (χ0n) is 18.5. The molecule has 0 saturated heterocycles. The first-order valence-corrected chi connectivity index (χ1v) is 9.19. The summed E-state index contributed by atoms with van der Waals surface area (Å²) in [6, 6.07) is 0. The van der Waals surface area contributed by atoms with E-state index in [-0.39, 0.29) is 11.8 Å². The van der Waals surface area contributed by atoms with E-state index in [0.29, 0.717) is 12.8 Å². The molecule has 4 heteroatoms. The summed E-state index contributed by atoms with van der Waals surface area (Å²) >= 11 is 0. The van der Waals surface area contributed by atoms with Gasteiger partial charge in [-0.2, -0.15) is 0 Å². The van der Waals surface area contributed by atoms with Crippen molar-refractivity contribution in [1.29, 1.82) is 0 Å². The van der Waals surface area contributed by atoms with Crippen molar-refractivity contribution in [1.82, 2.24) is 0 Å². The van der Waals surface area contributed by atoms with Crippen LogP contribution in [0.1, 0.15) is 64.2 Å². The fraction of sp³-hybridized carbons (Fsp3) is 0.417. The van der Waals surface area contributed by atoms with E-state index in [9.17, 15) is 9.59 Å². The second-order valence-corrected chi connectivity index (χ2v) is 4.26. The van der Waals surface area contributed by atoms with Gasteiger partial charge in [-0.05, 0) is 12.8 Å². The number of amides is 2. The quantitative estimate of drug-likeness (QED) is 0.302. The fourth-order valence-electron chi connectivity index (χ4n) is 1.66. The number of hydrogen-bond donors (Lipinski definition) is 2. The van der Waals surface area contributed by atoms with Crippen LogP contribution in [0.25, 0.3) is 0 Å². The van der Waals surface area contributed by atoms with Crippen LogP contribution in [0.3, 0.4) is 0 Å². The Labute approximate surface area is 176 Å². The highest BCUT2D eigenvalue weighted by Crippen LogP contribution is 2.10. The van der Waals surface area contributed by atoms with E-state index >= 15 is 0 Å². The molecule has 0 spiro atoms. The number of rotatable bonds is 11. The summed E-state index contributed by atoms with van der Waals surface area (Å²) in [5, 5.41) is 0. The van der Waals surface area contributed by atoms with Gasteiger partial charge in [0.15, 0.2) is 0 Å². The topological polar surface area (TPSA) is 86.2 Å². The summed E-state index contributed by atoms with van der Waals surface area (Å²) in [7, 11) is 0. The molecule has 0 aliphatic rings. The Balaban J connectivity index is -0.0000000622. The standard InChI is InChI=1S/C12H24N2O2.6C2H4/c13-11(15)9-7-5-3-1-2-4-6-8-10-12(14)16;6*1-2/h1-10H2,(H2,13,15)(H2,14,16);6*1-2H2. The Morgan fingerprint density at radius 1 is 0.393 bits per heavy atom. The Morgan fingerprint density at radius 3 is 0.679 bits per heavy atom. The minimum absolute atomic E-state index is 0.202. The van der Waals surface area contributed by atoms with Crippen LogP contribution in [0.2, 0.25) is 0 Å². The van der Waals surface area contributed by atoms with Crippen molar-refractivity contribution in [3.8, 4) is 0 Å². The third-order valence-electron chi connectivity index (χ3n) is 2.60. The van der Waals surface area contributed by atoms with Crippen LogP contribution in [0.15, 0.2) is 78.9 Å². The molecule has 0 aromatic carbocycles. The Morgan fingerprint density at radius 2 is 0.536 bits per heavy atom. The summed E-state index contributed by atoms with van der Waals surface area (Å²) < 4.78 is 0. The second kappa shape index (κ2) is 74.4. The molecule has 0 rings (SSSR count). The molecule has 4 N–H and O–H groups in total. The van der Waals surface area contributed by atoms with Crippen LogP contribution < -0.4 is 11.5 Å². The molecular formula is C24H48N2O2. The lowest BCUT2D eigenvalue weighted by atomic mass is 10.1. The summed E-state index contributed by atoms with van der Waals surface area (Å²) in [6.07, 6.45) is 9.77. The number of primary amides is 2. The van der Waals surface area contributed by atoms with Gasteiger partial charge >= 0.3 is 0 Å². The molecule has 0 aromatic heterocycles. The molecule has 0 aliphatic carbocycles. The van der Waals surface area contributed by atoms with E-state index in [1.165, 1.54) is 25.7 Å². The van der Waals surface area contributed by atoms with E-state index in [1.54, 1.807) is 0 Å². The number of carbonyl (C=O) groups excluding carboxylic acids is 2. The van der Waals surface area contributed by atoms with E-state index in [4.69, 9.17) is 11.5 Å². The van der Waals surface area contributed by atoms with Gasteiger partial charge in [0.25, 0.3) is 0 Å². The molecule has 0 atom stereocenters. The molecule has 0 unspecified atom stereocenters. The average Bonchev–Trinajstić information content (AvgIpc) is 2.77. The maximum absolute atomic E-state index is 10.4.